The Morgan fingerprint density at radius 3 is 2.36 bits per heavy atom. The van der Waals surface area contributed by atoms with E-state index < -0.39 is 0 Å². The monoisotopic (exact) mass is 420 g/mol. The number of aromatic nitrogens is 1. The Labute approximate surface area is 172 Å². The van der Waals surface area contributed by atoms with Crippen LogP contribution in [-0.4, -0.2) is 34.5 Å². The van der Waals surface area contributed by atoms with Crippen molar-refractivity contribution in [1.82, 2.24) is 10.3 Å². The molecule has 0 saturated carbocycles. The van der Waals surface area contributed by atoms with Crippen molar-refractivity contribution in [2.24, 2.45) is 0 Å². The van der Waals surface area contributed by atoms with E-state index in [1.165, 1.54) is 30.0 Å². The van der Waals surface area contributed by atoms with Crippen LogP contribution >= 0.6 is 23.1 Å². The largest absolute Gasteiger partial charge is 0.353 e. The van der Waals surface area contributed by atoms with Gasteiger partial charge < -0.3 is 16.0 Å². The van der Waals surface area contributed by atoms with Gasteiger partial charge in [-0.2, -0.15) is 0 Å². The van der Waals surface area contributed by atoms with E-state index in [4.69, 9.17) is 0 Å². The average Bonchev–Trinajstić information content (AvgIpc) is 3.08. The summed E-state index contributed by atoms with van der Waals surface area (Å²) in [5.74, 6) is -0.118. The fourth-order valence-corrected chi connectivity index (χ4v) is 3.84. The molecule has 0 saturated heterocycles. The highest BCUT2D eigenvalue weighted by molar-refractivity contribution is 8.01. The molecule has 3 N–H and O–H groups in total. The minimum absolute atomic E-state index is 0.0448. The molecule has 1 heterocycles. The maximum absolute atomic E-state index is 12.1. The smallest absolute Gasteiger partial charge is 0.234 e. The molecule has 2 rings (SSSR count). The number of rotatable bonds is 9. The average molecular weight is 421 g/mol. The second-order valence-electron chi connectivity index (χ2n) is 6.25. The Hall–Kier alpha value is -2.39. The summed E-state index contributed by atoms with van der Waals surface area (Å²) < 4.78 is 0.752. The van der Waals surface area contributed by atoms with Gasteiger partial charge in [-0.25, -0.2) is 4.98 Å². The van der Waals surface area contributed by atoms with Crippen molar-refractivity contribution in [1.29, 1.82) is 0 Å². The number of amides is 3. The zero-order chi connectivity index (χ0) is 20.5. The summed E-state index contributed by atoms with van der Waals surface area (Å²) in [5, 5.41) is 10.2. The Balaban J connectivity index is 1.77. The van der Waals surface area contributed by atoms with Crippen molar-refractivity contribution in [2.45, 2.75) is 44.0 Å². The fourth-order valence-electron chi connectivity index (χ4n) is 2.19. The molecule has 3 amide bonds. The van der Waals surface area contributed by atoms with Gasteiger partial charge in [-0.15, -0.1) is 11.3 Å². The molecule has 7 nitrogen and oxygen atoms in total. The van der Waals surface area contributed by atoms with Crippen molar-refractivity contribution < 1.29 is 14.4 Å². The maximum atomic E-state index is 12.1. The second-order valence-corrected chi connectivity index (χ2v) is 8.33. The highest BCUT2D eigenvalue weighted by Crippen LogP contribution is 2.23. The van der Waals surface area contributed by atoms with Gasteiger partial charge in [0.25, 0.3) is 0 Å². The lowest BCUT2D eigenvalue weighted by atomic mass is 10.2. The number of thiazole rings is 1. The van der Waals surface area contributed by atoms with Crippen LogP contribution in [0.15, 0.2) is 34.0 Å². The number of nitrogens with one attached hydrogen (secondary N) is 3. The Bertz CT molecular complexity index is 821. The molecule has 0 fully saturated rings. The molecular weight excluding hydrogens is 396 g/mol. The normalized spacial score (nSPS) is 11.5. The third-order valence-electron chi connectivity index (χ3n) is 3.71. The molecule has 0 aliphatic carbocycles. The molecule has 150 valence electrons. The van der Waals surface area contributed by atoms with Gasteiger partial charge in [0.1, 0.15) is 0 Å². The van der Waals surface area contributed by atoms with E-state index in [-0.39, 0.29) is 35.9 Å². The van der Waals surface area contributed by atoms with Crippen molar-refractivity contribution in [3.8, 4) is 0 Å². The molecular formula is C19H24N4O3S2. The zero-order valence-electron chi connectivity index (χ0n) is 16.1. The second kappa shape index (κ2) is 10.8. The molecule has 0 aliphatic rings. The molecule has 9 heteroatoms. The van der Waals surface area contributed by atoms with Crippen molar-refractivity contribution in [2.75, 3.05) is 16.4 Å². The van der Waals surface area contributed by atoms with Gasteiger partial charge in [-0.05, 0) is 37.6 Å². The predicted molar refractivity (Wildman–Crippen MR) is 114 cm³/mol. The molecule has 1 aromatic carbocycles. The lowest BCUT2D eigenvalue weighted by molar-refractivity contribution is -0.121. The molecule has 0 bridgehead atoms. The zero-order valence-corrected chi connectivity index (χ0v) is 17.7. The van der Waals surface area contributed by atoms with Crippen molar-refractivity contribution >= 4 is 52.2 Å². The number of nitrogens with zero attached hydrogens (tertiary/aromatic N) is 1. The quantitative estimate of drug-likeness (QED) is 0.541. The van der Waals surface area contributed by atoms with Crippen LogP contribution in [0.25, 0.3) is 0 Å². The summed E-state index contributed by atoms with van der Waals surface area (Å²) in [5.41, 5.74) is 2.04. The molecule has 28 heavy (non-hydrogen) atoms. The Morgan fingerprint density at radius 2 is 1.75 bits per heavy atom. The first-order valence-electron chi connectivity index (χ1n) is 8.89. The summed E-state index contributed by atoms with van der Waals surface area (Å²) in [6.45, 7) is 5.42. The number of hydrogen-bond donors (Lipinski definition) is 3. The summed E-state index contributed by atoms with van der Waals surface area (Å²) in [7, 11) is 0. The van der Waals surface area contributed by atoms with Crippen LogP contribution in [0.1, 0.15) is 32.9 Å². The fraction of sp³-hybridized carbons (Fsp3) is 0.368. The van der Waals surface area contributed by atoms with E-state index in [0.717, 1.165) is 10.8 Å². The summed E-state index contributed by atoms with van der Waals surface area (Å²) in [6, 6.07) is 7.05. The topological polar surface area (TPSA) is 100 Å². The summed E-state index contributed by atoms with van der Waals surface area (Å²) in [6.07, 6.45) is 1.13. The first kappa shape index (κ1) is 21.9. The standard InChI is InChI=1S/C19H24N4O3S2/c1-4-12(2)20-17(25)9-16-10-27-19(23-16)28-11-18(26)22-15-7-5-14(6-8-15)21-13(3)24/h5-8,10,12H,4,9,11H2,1-3H3,(H,20,25)(H,21,24)(H,22,26)/t12-/m1/s1. The number of carbonyl (C=O) groups excluding carboxylic acids is 3. The summed E-state index contributed by atoms with van der Waals surface area (Å²) >= 11 is 2.76. The summed E-state index contributed by atoms with van der Waals surface area (Å²) in [4.78, 5) is 39.4. The van der Waals surface area contributed by atoms with Crippen LogP contribution in [0.3, 0.4) is 0 Å². The lowest BCUT2D eigenvalue weighted by Crippen LogP contribution is -2.33. The van der Waals surface area contributed by atoms with Crippen molar-refractivity contribution in [3.05, 3.63) is 35.3 Å². The number of anilines is 2. The van der Waals surface area contributed by atoms with Gasteiger partial charge in [0.15, 0.2) is 4.34 Å². The Morgan fingerprint density at radius 1 is 1.11 bits per heavy atom. The molecule has 0 radical (unpaired) electrons. The molecule has 1 atom stereocenters. The van der Waals surface area contributed by atoms with Gasteiger partial charge in [-0.1, -0.05) is 18.7 Å². The molecule has 0 aliphatic heterocycles. The Kier molecular flexibility index (Phi) is 8.46. The van der Waals surface area contributed by atoms with Gasteiger partial charge in [0.05, 0.1) is 17.9 Å². The third-order valence-corrected chi connectivity index (χ3v) is 5.78. The lowest BCUT2D eigenvalue weighted by Gasteiger charge is -2.10. The number of thioether (sulfide) groups is 1. The molecule has 1 aromatic heterocycles. The van der Waals surface area contributed by atoms with E-state index in [9.17, 15) is 14.4 Å². The number of carbonyl (C=O) groups is 3. The van der Waals surface area contributed by atoms with Crippen LogP contribution in [0.2, 0.25) is 0 Å². The van der Waals surface area contributed by atoms with Crippen LogP contribution in [0, 0.1) is 0 Å². The minimum atomic E-state index is -0.149. The first-order valence-corrected chi connectivity index (χ1v) is 10.8. The molecule has 0 unspecified atom stereocenters. The van der Waals surface area contributed by atoms with E-state index in [0.29, 0.717) is 17.1 Å². The molecule has 2 aromatic rings. The van der Waals surface area contributed by atoms with Crippen LogP contribution in [0.4, 0.5) is 11.4 Å². The van der Waals surface area contributed by atoms with Crippen LogP contribution in [-0.2, 0) is 20.8 Å². The number of benzene rings is 1. The SMILES string of the molecule is CC[C@@H](C)NC(=O)Cc1csc(SCC(=O)Nc2ccc(NC(C)=O)cc2)n1. The van der Waals surface area contributed by atoms with E-state index in [1.807, 2.05) is 19.2 Å². The van der Waals surface area contributed by atoms with Gasteiger partial charge in [0.2, 0.25) is 17.7 Å². The van der Waals surface area contributed by atoms with Gasteiger partial charge >= 0.3 is 0 Å². The highest BCUT2D eigenvalue weighted by atomic mass is 32.2. The van der Waals surface area contributed by atoms with Crippen LogP contribution in [0.5, 0.6) is 0 Å². The van der Waals surface area contributed by atoms with E-state index in [2.05, 4.69) is 20.9 Å². The third kappa shape index (κ3) is 7.69. The highest BCUT2D eigenvalue weighted by Gasteiger charge is 2.11. The minimum Gasteiger partial charge on any atom is -0.353 e. The van der Waals surface area contributed by atoms with Crippen LogP contribution < -0.4 is 16.0 Å². The predicted octanol–water partition coefficient (Wildman–Crippen LogP) is 3.29. The number of hydrogen-bond acceptors (Lipinski definition) is 6. The van der Waals surface area contributed by atoms with Crippen molar-refractivity contribution in [3.63, 3.8) is 0 Å². The maximum Gasteiger partial charge on any atom is 0.234 e. The first-order chi connectivity index (χ1) is 13.4. The van der Waals surface area contributed by atoms with E-state index in [1.54, 1.807) is 24.3 Å². The van der Waals surface area contributed by atoms with E-state index >= 15 is 0 Å². The van der Waals surface area contributed by atoms with Gasteiger partial charge in [-0.3, -0.25) is 14.4 Å². The molecule has 0 spiro atoms. The van der Waals surface area contributed by atoms with Gasteiger partial charge in [0, 0.05) is 29.7 Å².